The van der Waals surface area contributed by atoms with Crippen molar-refractivity contribution in [1.29, 1.82) is 0 Å². The van der Waals surface area contributed by atoms with Crippen molar-refractivity contribution in [3.05, 3.63) is 86.2 Å². The van der Waals surface area contributed by atoms with Crippen LogP contribution in [0.5, 0.6) is 17.2 Å². The Kier molecular flexibility index (Phi) is 7.97. The molecule has 10 nitrogen and oxygen atoms in total. The number of ether oxygens (including phenoxy) is 3. The van der Waals surface area contributed by atoms with Crippen LogP contribution in [0.1, 0.15) is 42.5 Å². The molecule has 1 fully saturated rings. The predicted molar refractivity (Wildman–Crippen MR) is 148 cm³/mol. The van der Waals surface area contributed by atoms with Gasteiger partial charge in [0.05, 0.1) is 26.2 Å². The standard InChI is InChI=1S/C30H35N3O7/c1-19(21-5-7-25-22(15-21)9-12-39-25)33(24-16-23(17-24)29(35)36)18-20-4-6-26(27(14-20)38-3)40-13-11-32-28(34)8-10-31(2)30(32)37/h4-8,10,14-15,19,23-24H,9,11-13,16-18H2,1-3H3,(H,35,36)/t19-,23?,24?/m0/s1. The summed E-state index contributed by atoms with van der Waals surface area (Å²) in [5, 5.41) is 9.47. The number of methoxy groups -OCH3 is 1. The highest BCUT2D eigenvalue weighted by Crippen LogP contribution is 2.39. The summed E-state index contributed by atoms with van der Waals surface area (Å²) in [5.74, 6) is 0.949. The fourth-order valence-electron chi connectivity index (χ4n) is 5.51. The van der Waals surface area contributed by atoms with Gasteiger partial charge in [0, 0.05) is 44.4 Å². The first-order valence-corrected chi connectivity index (χ1v) is 13.6. The van der Waals surface area contributed by atoms with Gasteiger partial charge in [-0.2, -0.15) is 0 Å². The maximum atomic E-state index is 12.3. The van der Waals surface area contributed by atoms with Crippen LogP contribution in [0.25, 0.3) is 0 Å². The summed E-state index contributed by atoms with van der Waals surface area (Å²) in [6.45, 7) is 3.71. The van der Waals surface area contributed by atoms with Crippen LogP contribution < -0.4 is 25.5 Å². The molecular weight excluding hydrogens is 514 g/mol. The van der Waals surface area contributed by atoms with E-state index in [0.29, 0.717) is 37.5 Å². The molecule has 0 spiro atoms. The summed E-state index contributed by atoms with van der Waals surface area (Å²) in [6, 6.07) is 13.6. The summed E-state index contributed by atoms with van der Waals surface area (Å²) >= 11 is 0. The van der Waals surface area contributed by atoms with Crippen LogP contribution in [0.2, 0.25) is 0 Å². The van der Waals surface area contributed by atoms with Crippen molar-refractivity contribution in [2.24, 2.45) is 13.0 Å². The molecule has 3 aromatic rings. The molecule has 0 saturated heterocycles. The number of aromatic nitrogens is 2. The van der Waals surface area contributed by atoms with Crippen LogP contribution in [0.4, 0.5) is 0 Å². The molecule has 2 aliphatic rings. The lowest BCUT2D eigenvalue weighted by molar-refractivity contribution is -0.147. The van der Waals surface area contributed by atoms with Gasteiger partial charge in [-0.1, -0.05) is 18.2 Å². The molecule has 212 valence electrons. The van der Waals surface area contributed by atoms with Gasteiger partial charge in [-0.15, -0.1) is 0 Å². The van der Waals surface area contributed by atoms with Crippen molar-refractivity contribution in [2.45, 2.75) is 51.4 Å². The highest BCUT2D eigenvalue weighted by Gasteiger charge is 2.40. The molecule has 1 atom stereocenters. The van der Waals surface area contributed by atoms with Gasteiger partial charge in [-0.3, -0.25) is 19.1 Å². The van der Waals surface area contributed by atoms with Crippen LogP contribution in [0.3, 0.4) is 0 Å². The number of benzene rings is 2. The molecule has 5 rings (SSSR count). The largest absolute Gasteiger partial charge is 0.493 e. The summed E-state index contributed by atoms with van der Waals surface area (Å²) < 4.78 is 19.7. The molecular formula is C30H35N3O7. The van der Waals surface area contributed by atoms with Gasteiger partial charge in [0.15, 0.2) is 11.5 Å². The number of fused-ring (bicyclic) bond motifs is 1. The van der Waals surface area contributed by atoms with E-state index in [1.807, 2.05) is 24.3 Å². The number of carbonyl (C=O) groups is 1. The first-order valence-electron chi connectivity index (χ1n) is 13.6. The van der Waals surface area contributed by atoms with Gasteiger partial charge in [0.25, 0.3) is 5.56 Å². The first kappa shape index (κ1) is 27.5. The third-order valence-electron chi connectivity index (χ3n) is 8.03. The van der Waals surface area contributed by atoms with Gasteiger partial charge >= 0.3 is 11.7 Å². The van der Waals surface area contributed by atoms with E-state index in [1.165, 1.54) is 28.0 Å². The molecule has 0 radical (unpaired) electrons. The lowest BCUT2D eigenvalue weighted by atomic mass is 9.78. The average molecular weight is 550 g/mol. The Morgan fingerprint density at radius 2 is 1.95 bits per heavy atom. The minimum absolute atomic E-state index is 0.0689. The van der Waals surface area contributed by atoms with E-state index in [-0.39, 0.29) is 36.7 Å². The Labute approximate surface area is 232 Å². The number of aliphatic carboxylic acids is 1. The maximum absolute atomic E-state index is 12.3. The Balaban J connectivity index is 1.32. The quantitative estimate of drug-likeness (QED) is 0.389. The van der Waals surface area contributed by atoms with Crippen LogP contribution >= 0.6 is 0 Å². The third kappa shape index (κ3) is 5.62. The monoisotopic (exact) mass is 549 g/mol. The molecule has 2 aromatic carbocycles. The van der Waals surface area contributed by atoms with Crippen LogP contribution in [0.15, 0.2) is 58.3 Å². The molecule has 0 unspecified atom stereocenters. The number of carboxylic acid groups (broad SMARTS) is 1. The highest BCUT2D eigenvalue weighted by molar-refractivity contribution is 5.71. The predicted octanol–water partition coefficient (Wildman–Crippen LogP) is 3.00. The Morgan fingerprint density at radius 1 is 1.15 bits per heavy atom. The Hall–Kier alpha value is -4.05. The SMILES string of the molecule is COc1cc(CN(C2CC(C(=O)O)C2)[C@@H](C)c2ccc3c(c2)CCO3)ccc1OCCn1c(=O)ccn(C)c1=O. The Morgan fingerprint density at radius 3 is 2.70 bits per heavy atom. The summed E-state index contributed by atoms with van der Waals surface area (Å²) in [7, 11) is 3.16. The second-order valence-electron chi connectivity index (χ2n) is 10.5. The smallest absolute Gasteiger partial charge is 0.330 e. The van der Waals surface area contributed by atoms with Crippen molar-refractivity contribution in [1.82, 2.24) is 14.0 Å². The lowest BCUT2D eigenvalue weighted by Crippen LogP contribution is -2.47. The molecule has 10 heteroatoms. The van der Waals surface area contributed by atoms with Crippen molar-refractivity contribution in [2.75, 3.05) is 20.3 Å². The second kappa shape index (κ2) is 11.6. The van der Waals surface area contributed by atoms with E-state index >= 15 is 0 Å². The fraction of sp³-hybridized carbons (Fsp3) is 0.433. The molecule has 1 N–H and O–H groups in total. The summed E-state index contributed by atoms with van der Waals surface area (Å²) in [4.78, 5) is 38.2. The number of hydrogen-bond donors (Lipinski definition) is 1. The number of nitrogens with zero attached hydrogens (tertiary/aromatic N) is 3. The van der Waals surface area contributed by atoms with Crippen molar-refractivity contribution >= 4 is 5.97 Å². The topological polar surface area (TPSA) is 112 Å². The highest BCUT2D eigenvalue weighted by atomic mass is 16.5. The molecule has 1 aromatic heterocycles. The summed E-state index contributed by atoms with van der Waals surface area (Å²) in [5.41, 5.74) is 2.62. The number of hydrogen-bond acceptors (Lipinski definition) is 7. The molecule has 1 aliphatic carbocycles. The lowest BCUT2D eigenvalue weighted by Gasteiger charge is -2.44. The van der Waals surface area contributed by atoms with E-state index < -0.39 is 11.7 Å². The Bertz CT molecular complexity index is 1510. The van der Waals surface area contributed by atoms with E-state index in [4.69, 9.17) is 14.2 Å². The zero-order chi connectivity index (χ0) is 28.4. The van der Waals surface area contributed by atoms with Gasteiger partial charge in [-0.25, -0.2) is 4.79 Å². The zero-order valence-corrected chi connectivity index (χ0v) is 23.0. The van der Waals surface area contributed by atoms with Gasteiger partial charge in [-0.05, 0) is 54.7 Å². The van der Waals surface area contributed by atoms with Crippen LogP contribution in [-0.4, -0.2) is 51.5 Å². The van der Waals surface area contributed by atoms with Crippen molar-refractivity contribution in [3.8, 4) is 17.2 Å². The van der Waals surface area contributed by atoms with E-state index in [9.17, 15) is 19.5 Å². The van der Waals surface area contributed by atoms with E-state index in [1.54, 1.807) is 14.2 Å². The average Bonchev–Trinajstić information content (AvgIpc) is 3.39. The van der Waals surface area contributed by atoms with Gasteiger partial charge in [0.2, 0.25) is 0 Å². The minimum Gasteiger partial charge on any atom is -0.493 e. The molecule has 0 amide bonds. The molecule has 40 heavy (non-hydrogen) atoms. The molecule has 0 bridgehead atoms. The number of aryl methyl sites for hydroxylation is 1. The molecule has 1 aliphatic heterocycles. The first-order chi connectivity index (χ1) is 19.2. The van der Waals surface area contributed by atoms with Crippen molar-refractivity contribution in [3.63, 3.8) is 0 Å². The maximum Gasteiger partial charge on any atom is 0.330 e. The minimum atomic E-state index is -0.739. The van der Waals surface area contributed by atoms with E-state index in [0.717, 1.165) is 22.3 Å². The molecule has 1 saturated carbocycles. The fourth-order valence-corrected chi connectivity index (χ4v) is 5.51. The zero-order valence-electron chi connectivity index (χ0n) is 23.0. The van der Waals surface area contributed by atoms with Gasteiger partial charge < -0.3 is 23.9 Å². The van der Waals surface area contributed by atoms with Crippen LogP contribution in [0, 0.1) is 5.92 Å². The second-order valence-corrected chi connectivity index (χ2v) is 10.5. The van der Waals surface area contributed by atoms with E-state index in [2.05, 4.69) is 24.0 Å². The molecule has 2 heterocycles. The number of rotatable bonds is 11. The summed E-state index contributed by atoms with van der Waals surface area (Å²) in [6.07, 6.45) is 3.57. The third-order valence-corrected chi connectivity index (χ3v) is 8.03. The van der Waals surface area contributed by atoms with Crippen LogP contribution in [-0.2, 0) is 31.4 Å². The number of carboxylic acids is 1. The van der Waals surface area contributed by atoms with Gasteiger partial charge in [0.1, 0.15) is 12.4 Å². The van der Waals surface area contributed by atoms with Crippen molar-refractivity contribution < 1.29 is 24.1 Å². The normalized spacial score (nSPS) is 18.5.